The van der Waals surface area contributed by atoms with Crippen LogP contribution in [0.15, 0.2) is 15.8 Å². The Morgan fingerprint density at radius 3 is 2.48 bits per heavy atom. The highest BCUT2D eigenvalue weighted by molar-refractivity contribution is 7.89. The molecule has 1 N–H and O–H groups in total. The number of hydrogen-bond acceptors (Lipinski definition) is 6. The largest absolute Gasteiger partial charge is 0.335 e. The maximum Gasteiger partial charge on any atom is 0.273 e. The summed E-state index contributed by atoms with van der Waals surface area (Å²) in [6, 6.07) is 0. The third-order valence-corrected chi connectivity index (χ3v) is 6.58. The van der Waals surface area contributed by atoms with Gasteiger partial charge in [-0.25, -0.2) is 13.4 Å². The van der Waals surface area contributed by atoms with Crippen molar-refractivity contribution >= 4 is 27.3 Å². The van der Waals surface area contributed by atoms with Crippen LogP contribution in [0.3, 0.4) is 0 Å². The molecular formula is C13H17N5O3S2. The number of H-pyrrole nitrogens is 1. The minimum Gasteiger partial charge on any atom is -0.335 e. The van der Waals surface area contributed by atoms with Gasteiger partial charge in [-0.05, 0) is 13.8 Å². The van der Waals surface area contributed by atoms with Gasteiger partial charge in [-0.1, -0.05) is 0 Å². The van der Waals surface area contributed by atoms with E-state index >= 15 is 0 Å². The molecule has 1 fully saturated rings. The minimum atomic E-state index is -3.59. The first kappa shape index (κ1) is 16.1. The molecule has 2 aromatic rings. The third kappa shape index (κ3) is 2.89. The number of piperazine rings is 1. The molecule has 0 saturated carbocycles. The van der Waals surface area contributed by atoms with Crippen LogP contribution in [0.4, 0.5) is 0 Å². The predicted molar refractivity (Wildman–Crippen MR) is 84.8 cm³/mol. The summed E-state index contributed by atoms with van der Waals surface area (Å²) < 4.78 is 26.9. The smallest absolute Gasteiger partial charge is 0.273 e. The fourth-order valence-corrected chi connectivity index (χ4v) is 4.94. The fourth-order valence-electron chi connectivity index (χ4n) is 2.66. The second-order valence-electron chi connectivity index (χ2n) is 5.33. The Bertz CT molecular complexity index is 785. The molecule has 0 radical (unpaired) electrons. The van der Waals surface area contributed by atoms with E-state index in [4.69, 9.17) is 0 Å². The number of hydrogen-bond donors (Lipinski definition) is 1. The molecule has 1 amide bonds. The molecule has 8 nitrogen and oxygen atoms in total. The highest BCUT2D eigenvalue weighted by Gasteiger charge is 2.33. The van der Waals surface area contributed by atoms with Gasteiger partial charge in [0.25, 0.3) is 5.91 Å². The highest BCUT2D eigenvalue weighted by Crippen LogP contribution is 2.23. The van der Waals surface area contributed by atoms with Crippen molar-refractivity contribution in [3.8, 4) is 0 Å². The summed E-state index contributed by atoms with van der Waals surface area (Å²) in [6.07, 6.45) is 0. The lowest BCUT2D eigenvalue weighted by molar-refractivity contribution is 0.0692. The molecule has 1 aliphatic rings. The summed E-state index contributed by atoms with van der Waals surface area (Å²) >= 11 is 1.36. The molecule has 10 heteroatoms. The average Bonchev–Trinajstić information content (AvgIpc) is 3.17. The van der Waals surface area contributed by atoms with E-state index in [1.165, 1.54) is 15.6 Å². The second-order valence-corrected chi connectivity index (χ2v) is 7.93. The van der Waals surface area contributed by atoms with Gasteiger partial charge in [0.1, 0.15) is 10.6 Å². The van der Waals surface area contributed by atoms with Gasteiger partial charge in [0.2, 0.25) is 10.0 Å². The quantitative estimate of drug-likeness (QED) is 0.870. The lowest BCUT2D eigenvalue weighted by Gasteiger charge is -2.33. The van der Waals surface area contributed by atoms with Gasteiger partial charge < -0.3 is 4.90 Å². The molecule has 0 spiro atoms. The number of rotatable bonds is 3. The van der Waals surface area contributed by atoms with Crippen LogP contribution in [0.1, 0.15) is 21.9 Å². The summed E-state index contributed by atoms with van der Waals surface area (Å²) in [5.74, 6) is -0.154. The molecule has 1 saturated heterocycles. The zero-order valence-corrected chi connectivity index (χ0v) is 14.4. The number of nitrogens with one attached hydrogen (secondary N) is 1. The van der Waals surface area contributed by atoms with E-state index in [1.807, 2.05) is 0 Å². The Morgan fingerprint density at radius 2 is 1.96 bits per heavy atom. The third-order valence-electron chi connectivity index (χ3n) is 3.84. The highest BCUT2D eigenvalue weighted by atomic mass is 32.2. The van der Waals surface area contributed by atoms with Crippen LogP contribution in [0.2, 0.25) is 0 Å². The summed E-state index contributed by atoms with van der Waals surface area (Å²) in [5, 5.41) is 8.35. The van der Waals surface area contributed by atoms with Crippen molar-refractivity contribution in [1.82, 2.24) is 24.4 Å². The summed E-state index contributed by atoms with van der Waals surface area (Å²) in [5.41, 5.74) is 3.01. The van der Waals surface area contributed by atoms with Crippen molar-refractivity contribution in [2.75, 3.05) is 26.2 Å². The molecule has 124 valence electrons. The van der Waals surface area contributed by atoms with Gasteiger partial charge in [0.05, 0.1) is 16.9 Å². The monoisotopic (exact) mass is 355 g/mol. The van der Waals surface area contributed by atoms with Crippen molar-refractivity contribution in [3.63, 3.8) is 0 Å². The minimum absolute atomic E-state index is 0.154. The Labute approximate surface area is 138 Å². The number of thiazole rings is 1. The standard InChI is InChI=1S/C13H17N5O3S2/c1-9-12(10(2)16-15-9)23(20,21)18-5-3-17(4-6-18)13(19)11-7-22-8-14-11/h7-8H,3-6H2,1-2H3,(H,15,16). The normalized spacial score (nSPS) is 16.7. The second kappa shape index (κ2) is 6.02. The topological polar surface area (TPSA) is 99.3 Å². The number of aromatic nitrogens is 3. The molecule has 0 bridgehead atoms. The van der Waals surface area contributed by atoms with Crippen LogP contribution in [-0.2, 0) is 10.0 Å². The van der Waals surface area contributed by atoms with Gasteiger partial charge in [0, 0.05) is 31.6 Å². The molecule has 0 aliphatic carbocycles. The molecule has 0 unspecified atom stereocenters. The molecule has 2 aromatic heterocycles. The van der Waals surface area contributed by atoms with Crippen LogP contribution in [0.25, 0.3) is 0 Å². The van der Waals surface area contributed by atoms with Crippen LogP contribution < -0.4 is 0 Å². The average molecular weight is 355 g/mol. The molecule has 0 atom stereocenters. The molecule has 1 aliphatic heterocycles. The first-order chi connectivity index (χ1) is 10.9. The molecular weight excluding hydrogens is 338 g/mol. The Morgan fingerprint density at radius 1 is 1.26 bits per heavy atom. The zero-order valence-electron chi connectivity index (χ0n) is 12.8. The van der Waals surface area contributed by atoms with E-state index in [0.717, 1.165) is 0 Å². The van der Waals surface area contributed by atoms with Crippen LogP contribution in [-0.4, -0.2) is 64.9 Å². The van der Waals surface area contributed by atoms with E-state index in [2.05, 4.69) is 15.2 Å². The lowest BCUT2D eigenvalue weighted by Crippen LogP contribution is -2.50. The molecule has 0 aromatic carbocycles. The number of carbonyl (C=O) groups is 1. The van der Waals surface area contributed by atoms with Crippen LogP contribution in [0, 0.1) is 13.8 Å². The van der Waals surface area contributed by atoms with Crippen molar-refractivity contribution < 1.29 is 13.2 Å². The van der Waals surface area contributed by atoms with Crippen molar-refractivity contribution in [2.24, 2.45) is 0 Å². The summed E-state index contributed by atoms with van der Waals surface area (Å²) in [7, 11) is -3.59. The Balaban J connectivity index is 1.73. The van der Waals surface area contributed by atoms with Gasteiger partial charge >= 0.3 is 0 Å². The van der Waals surface area contributed by atoms with E-state index < -0.39 is 10.0 Å². The first-order valence-electron chi connectivity index (χ1n) is 7.10. The SMILES string of the molecule is Cc1n[nH]c(C)c1S(=O)(=O)N1CCN(C(=O)c2cscn2)CC1. The van der Waals surface area contributed by atoms with Gasteiger partial charge in [-0.3, -0.25) is 9.89 Å². The van der Waals surface area contributed by atoms with E-state index in [1.54, 1.807) is 29.6 Å². The lowest BCUT2D eigenvalue weighted by atomic mass is 10.3. The van der Waals surface area contributed by atoms with Gasteiger partial charge in [0.15, 0.2) is 0 Å². The van der Waals surface area contributed by atoms with Crippen molar-refractivity contribution in [3.05, 3.63) is 28.0 Å². The van der Waals surface area contributed by atoms with Gasteiger partial charge in [-0.15, -0.1) is 11.3 Å². The maximum absolute atomic E-state index is 12.7. The van der Waals surface area contributed by atoms with Crippen LogP contribution >= 0.6 is 11.3 Å². The number of carbonyl (C=O) groups excluding carboxylic acids is 1. The number of sulfonamides is 1. The van der Waals surface area contributed by atoms with E-state index in [-0.39, 0.29) is 23.9 Å². The predicted octanol–water partition coefficient (Wildman–Crippen LogP) is 0.630. The number of nitrogens with zero attached hydrogens (tertiary/aromatic N) is 4. The number of aryl methyl sites for hydroxylation is 2. The molecule has 3 heterocycles. The van der Waals surface area contributed by atoms with Crippen molar-refractivity contribution in [2.45, 2.75) is 18.7 Å². The van der Waals surface area contributed by atoms with Crippen molar-refractivity contribution in [1.29, 1.82) is 0 Å². The van der Waals surface area contributed by atoms with Crippen LogP contribution in [0.5, 0.6) is 0 Å². The Kier molecular flexibility index (Phi) is 4.21. The number of amides is 1. The zero-order chi connectivity index (χ0) is 16.6. The molecule has 23 heavy (non-hydrogen) atoms. The maximum atomic E-state index is 12.7. The van der Waals surface area contributed by atoms with E-state index in [0.29, 0.717) is 30.2 Å². The summed E-state index contributed by atoms with van der Waals surface area (Å²) in [4.78, 5) is 18.1. The first-order valence-corrected chi connectivity index (χ1v) is 9.48. The summed E-state index contributed by atoms with van der Waals surface area (Å²) in [6.45, 7) is 4.59. The van der Waals surface area contributed by atoms with Gasteiger partial charge in [-0.2, -0.15) is 9.40 Å². The van der Waals surface area contributed by atoms with E-state index in [9.17, 15) is 13.2 Å². The molecule has 3 rings (SSSR count). The Hall–Kier alpha value is -1.78. The fraction of sp³-hybridized carbons (Fsp3) is 0.462. The number of aromatic amines is 1.